The minimum Gasteiger partial charge on any atom is -0.381 e. The Hall–Kier alpha value is -0.410. The predicted molar refractivity (Wildman–Crippen MR) is 51.7 cm³/mol. The molecule has 1 unspecified atom stereocenters. The van der Waals surface area contributed by atoms with Crippen molar-refractivity contribution in [1.82, 2.24) is 5.32 Å². The standard InChI is InChI=1S/C10H19NO2/c1-8(2)11-6-10(12)9-4-3-5-13-7-9/h8-9,11H,3-7H2,1-2H3. The van der Waals surface area contributed by atoms with Crippen molar-refractivity contribution in [2.24, 2.45) is 5.92 Å². The number of ketones is 1. The van der Waals surface area contributed by atoms with Crippen LogP contribution in [0.2, 0.25) is 0 Å². The van der Waals surface area contributed by atoms with Gasteiger partial charge in [-0.1, -0.05) is 13.8 Å². The molecule has 0 aliphatic carbocycles. The molecule has 1 heterocycles. The van der Waals surface area contributed by atoms with E-state index < -0.39 is 0 Å². The van der Waals surface area contributed by atoms with Crippen molar-refractivity contribution in [3.63, 3.8) is 0 Å². The van der Waals surface area contributed by atoms with Gasteiger partial charge in [-0.05, 0) is 12.8 Å². The monoisotopic (exact) mass is 185 g/mol. The lowest BCUT2D eigenvalue weighted by molar-refractivity contribution is -0.126. The van der Waals surface area contributed by atoms with Crippen molar-refractivity contribution in [3.8, 4) is 0 Å². The fourth-order valence-corrected chi connectivity index (χ4v) is 1.44. The lowest BCUT2D eigenvalue weighted by atomic mass is 9.97. The molecule has 0 aromatic heterocycles. The predicted octanol–water partition coefficient (Wildman–Crippen LogP) is 0.980. The molecule has 0 saturated carbocycles. The summed E-state index contributed by atoms with van der Waals surface area (Å²) in [6.45, 7) is 6.03. The van der Waals surface area contributed by atoms with Crippen molar-refractivity contribution >= 4 is 5.78 Å². The Morgan fingerprint density at radius 1 is 1.62 bits per heavy atom. The molecule has 0 amide bonds. The Kier molecular flexibility index (Phi) is 4.39. The van der Waals surface area contributed by atoms with Crippen molar-refractivity contribution in [1.29, 1.82) is 0 Å². The molecule has 0 spiro atoms. The Bertz CT molecular complexity index is 162. The van der Waals surface area contributed by atoms with E-state index in [0.29, 0.717) is 25.0 Å². The number of hydrogen-bond acceptors (Lipinski definition) is 3. The molecule has 3 nitrogen and oxygen atoms in total. The van der Waals surface area contributed by atoms with Crippen molar-refractivity contribution in [3.05, 3.63) is 0 Å². The Labute approximate surface area is 79.8 Å². The molecule has 13 heavy (non-hydrogen) atoms. The number of rotatable bonds is 4. The third-order valence-corrected chi connectivity index (χ3v) is 2.30. The molecule has 0 aromatic rings. The Balaban J connectivity index is 2.21. The molecular formula is C10H19NO2. The van der Waals surface area contributed by atoms with Crippen LogP contribution in [0.3, 0.4) is 0 Å². The highest BCUT2D eigenvalue weighted by Gasteiger charge is 2.20. The summed E-state index contributed by atoms with van der Waals surface area (Å²) in [5.74, 6) is 0.438. The minimum atomic E-state index is 0.139. The van der Waals surface area contributed by atoms with E-state index in [9.17, 15) is 4.79 Å². The van der Waals surface area contributed by atoms with E-state index in [0.717, 1.165) is 19.4 Å². The molecule has 1 aliphatic heterocycles. The lowest BCUT2D eigenvalue weighted by Gasteiger charge is -2.21. The first-order valence-corrected chi connectivity index (χ1v) is 5.04. The van der Waals surface area contributed by atoms with E-state index in [1.54, 1.807) is 0 Å². The van der Waals surface area contributed by atoms with E-state index in [1.165, 1.54) is 0 Å². The van der Waals surface area contributed by atoms with Gasteiger partial charge >= 0.3 is 0 Å². The highest BCUT2D eigenvalue weighted by atomic mass is 16.5. The molecule has 1 aliphatic rings. The third-order valence-electron chi connectivity index (χ3n) is 2.30. The summed E-state index contributed by atoms with van der Waals surface area (Å²) in [4.78, 5) is 11.6. The number of carbonyl (C=O) groups excluding carboxylic acids is 1. The normalized spacial score (nSPS) is 23.5. The molecule has 3 heteroatoms. The van der Waals surface area contributed by atoms with Gasteiger partial charge in [0, 0.05) is 18.6 Å². The van der Waals surface area contributed by atoms with Gasteiger partial charge in [0.25, 0.3) is 0 Å². The smallest absolute Gasteiger partial charge is 0.151 e. The fraction of sp³-hybridized carbons (Fsp3) is 0.900. The van der Waals surface area contributed by atoms with Crippen LogP contribution >= 0.6 is 0 Å². The number of Topliss-reactive ketones (excluding diaryl/α,β-unsaturated/α-hetero) is 1. The van der Waals surface area contributed by atoms with Gasteiger partial charge in [0.1, 0.15) is 0 Å². The topological polar surface area (TPSA) is 38.3 Å². The Morgan fingerprint density at radius 2 is 2.38 bits per heavy atom. The van der Waals surface area contributed by atoms with Gasteiger partial charge < -0.3 is 10.1 Å². The molecule has 0 bridgehead atoms. The van der Waals surface area contributed by atoms with E-state index >= 15 is 0 Å². The van der Waals surface area contributed by atoms with Gasteiger partial charge in [-0.25, -0.2) is 0 Å². The molecule has 1 atom stereocenters. The second kappa shape index (κ2) is 5.35. The first kappa shape index (κ1) is 10.7. The van der Waals surface area contributed by atoms with Crippen molar-refractivity contribution < 1.29 is 9.53 Å². The van der Waals surface area contributed by atoms with E-state index in [2.05, 4.69) is 5.32 Å². The van der Waals surface area contributed by atoms with Gasteiger partial charge in [-0.3, -0.25) is 4.79 Å². The third kappa shape index (κ3) is 3.87. The van der Waals surface area contributed by atoms with Gasteiger partial charge in [-0.15, -0.1) is 0 Å². The van der Waals surface area contributed by atoms with Crippen molar-refractivity contribution in [2.45, 2.75) is 32.7 Å². The lowest BCUT2D eigenvalue weighted by Crippen LogP contribution is -2.35. The van der Waals surface area contributed by atoms with Gasteiger partial charge in [0.05, 0.1) is 13.2 Å². The molecule has 1 rings (SSSR count). The van der Waals surface area contributed by atoms with Crippen LogP contribution in [-0.2, 0) is 9.53 Å². The van der Waals surface area contributed by atoms with Crippen LogP contribution in [0, 0.1) is 5.92 Å². The van der Waals surface area contributed by atoms with Crippen LogP contribution in [0.1, 0.15) is 26.7 Å². The van der Waals surface area contributed by atoms with Crippen LogP contribution in [0.15, 0.2) is 0 Å². The van der Waals surface area contributed by atoms with Gasteiger partial charge in [0.15, 0.2) is 5.78 Å². The van der Waals surface area contributed by atoms with Crippen LogP contribution in [0.25, 0.3) is 0 Å². The first-order valence-electron chi connectivity index (χ1n) is 5.04. The summed E-state index contributed by atoms with van der Waals surface area (Å²) in [5.41, 5.74) is 0. The van der Waals surface area contributed by atoms with E-state index in [-0.39, 0.29) is 5.92 Å². The summed E-state index contributed by atoms with van der Waals surface area (Å²) in [6.07, 6.45) is 2.02. The highest BCUT2D eigenvalue weighted by Crippen LogP contribution is 2.13. The molecule has 76 valence electrons. The summed E-state index contributed by atoms with van der Waals surface area (Å²) in [5, 5.41) is 3.14. The molecule has 1 saturated heterocycles. The molecule has 0 aromatic carbocycles. The molecule has 1 N–H and O–H groups in total. The molecule has 0 radical (unpaired) electrons. The first-order chi connectivity index (χ1) is 6.20. The second-order valence-electron chi connectivity index (χ2n) is 3.92. The highest BCUT2D eigenvalue weighted by molar-refractivity contribution is 5.83. The quantitative estimate of drug-likeness (QED) is 0.709. The zero-order valence-corrected chi connectivity index (χ0v) is 8.51. The number of nitrogens with one attached hydrogen (secondary N) is 1. The summed E-state index contributed by atoms with van der Waals surface area (Å²) >= 11 is 0. The average Bonchev–Trinajstić information content (AvgIpc) is 2.15. The summed E-state index contributed by atoms with van der Waals surface area (Å²) < 4.78 is 5.26. The summed E-state index contributed by atoms with van der Waals surface area (Å²) in [6, 6.07) is 0.383. The zero-order valence-electron chi connectivity index (χ0n) is 8.51. The fourth-order valence-electron chi connectivity index (χ4n) is 1.44. The largest absolute Gasteiger partial charge is 0.381 e. The maximum Gasteiger partial charge on any atom is 0.151 e. The Morgan fingerprint density at radius 3 is 2.92 bits per heavy atom. The van der Waals surface area contributed by atoms with E-state index in [1.807, 2.05) is 13.8 Å². The molecule has 1 fully saturated rings. The van der Waals surface area contributed by atoms with Gasteiger partial charge in [0.2, 0.25) is 0 Å². The van der Waals surface area contributed by atoms with Gasteiger partial charge in [-0.2, -0.15) is 0 Å². The maximum absolute atomic E-state index is 11.6. The van der Waals surface area contributed by atoms with Crippen LogP contribution < -0.4 is 5.32 Å². The number of ether oxygens (including phenoxy) is 1. The molecular weight excluding hydrogens is 166 g/mol. The minimum absolute atomic E-state index is 0.139. The van der Waals surface area contributed by atoms with Crippen LogP contribution in [-0.4, -0.2) is 31.6 Å². The zero-order chi connectivity index (χ0) is 9.68. The van der Waals surface area contributed by atoms with Crippen LogP contribution in [0.4, 0.5) is 0 Å². The summed E-state index contributed by atoms with van der Waals surface area (Å²) in [7, 11) is 0. The van der Waals surface area contributed by atoms with Crippen molar-refractivity contribution in [2.75, 3.05) is 19.8 Å². The SMILES string of the molecule is CC(C)NCC(=O)C1CCCOC1. The second-order valence-corrected chi connectivity index (χ2v) is 3.92. The number of carbonyl (C=O) groups is 1. The average molecular weight is 185 g/mol. The number of hydrogen-bond donors (Lipinski definition) is 1. The maximum atomic E-state index is 11.6. The van der Waals surface area contributed by atoms with E-state index in [4.69, 9.17) is 4.74 Å². The van der Waals surface area contributed by atoms with Crippen LogP contribution in [0.5, 0.6) is 0 Å².